The molecule has 0 aromatic rings. The van der Waals surface area contributed by atoms with Gasteiger partial charge in [0.05, 0.1) is 19.3 Å². The SMILES string of the molecule is CCCCCCCCCCCC/C=C/CCCCCCC1NC=C[N+]1(CC)CCNC(C)=O. The number of unbranched alkanes of at least 4 members (excludes halogenated alkanes) is 14. The first-order valence-electron chi connectivity index (χ1n) is 14.3. The van der Waals surface area contributed by atoms with Crippen LogP contribution in [-0.4, -0.2) is 36.2 Å². The Hall–Kier alpha value is -1.29. The minimum Gasteiger partial charge on any atom is -0.351 e. The summed E-state index contributed by atoms with van der Waals surface area (Å²) in [7, 11) is 0. The smallest absolute Gasteiger partial charge is 0.217 e. The van der Waals surface area contributed by atoms with Gasteiger partial charge in [-0.3, -0.25) is 9.28 Å². The Labute approximate surface area is 206 Å². The van der Waals surface area contributed by atoms with E-state index in [0.29, 0.717) is 6.17 Å². The summed E-state index contributed by atoms with van der Waals surface area (Å²) < 4.78 is 0.946. The van der Waals surface area contributed by atoms with Crippen LogP contribution in [0.4, 0.5) is 0 Å². The van der Waals surface area contributed by atoms with Gasteiger partial charge in [-0.1, -0.05) is 89.7 Å². The highest BCUT2D eigenvalue weighted by molar-refractivity contribution is 5.72. The van der Waals surface area contributed by atoms with Gasteiger partial charge >= 0.3 is 0 Å². The van der Waals surface area contributed by atoms with E-state index >= 15 is 0 Å². The number of carbonyl (C=O) groups excluding carboxylic acids is 1. The van der Waals surface area contributed by atoms with Crippen molar-refractivity contribution >= 4 is 5.91 Å². The molecule has 1 rings (SSSR count). The van der Waals surface area contributed by atoms with Gasteiger partial charge in [-0.25, -0.2) is 0 Å². The second-order valence-electron chi connectivity index (χ2n) is 10.1. The molecule has 0 fully saturated rings. The van der Waals surface area contributed by atoms with Crippen molar-refractivity contribution in [3.63, 3.8) is 0 Å². The van der Waals surface area contributed by atoms with Gasteiger partial charge in [-0.15, -0.1) is 0 Å². The lowest BCUT2D eigenvalue weighted by Crippen LogP contribution is -2.55. The average Bonchev–Trinajstić information content (AvgIpc) is 3.21. The van der Waals surface area contributed by atoms with Crippen molar-refractivity contribution in [3.05, 3.63) is 24.6 Å². The third-order valence-electron chi connectivity index (χ3n) is 7.26. The zero-order chi connectivity index (χ0) is 24.0. The van der Waals surface area contributed by atoms with Crippen LogP contribution in [0.1, 0.15) is 130 Å². The van der Waals surface area contributed by atoms with Crippen LogP contribution in [0.3, 0.4) is 0 Å². The second kappa shape index (κ2) is 20.1. The largest absolute Gasteiger partial charge is 0.351 e. The predicted molar refractivity (Wildman–Crippen MR) is 144 cm³/mol. The molecule has 2 N–H and O–H groups in total. The maximum absolute atomic E-state index is 11.2. The number of nitrogens with one attached hydrogen (secondary N) is 2. The summed E-state index contributed by atoms with van der Waals surface area (Å²) in [6.45, 7) is 8.92. The molecule has 0 saturated carbocycles. The van der Waals surface area contributed by atoms with Crippen molar-refractivity contribution < 1.29 is 9.28 Å². The van der Waals surface area contributed by atoms with Gasteiger partial charge in [0.2, 0.25) is 5.91 Å². The molecule has 4 heteroatoms. The fourth-order valence-corrected chi connectivity index (χ4v) is 4.99. The summed E-state index contributed by atoms with van der Waals surface area (Å²) in [6, 6.07) is 0. The number of nitrogens with zero attached hydrogens (tertiary/aromatic N) is 1. The van der Waals surface area contributed by atoms with Gasteiger partial charge in [0.1, 0.15) is 12.7 Å². The van der Waals surface area contributed by atoms with Gasteiger partial charge in [0, 0.05) is 13.3 Å². The summed E-state index contributed by atoms with van der Waals surface area (Å²) in [6.07, 6.45) is 32.9. The molecule has 0 radical (unpaired) electrons. The summed E-state index contributed by atoms with van der Waals surface area (Å²) in [4.78, 5) is 11.2. The van der Waals surface area contributed by atoms with E-state index in [0.717, 1.165) is 24.1 Å². The zero-order valence-corrected chi connectivity index (χ0v) is 22.4. The summed E-state index contributed by atoms with van der Waals surface area (Å²) in [5.74, 6) is 0.0643. The van der Waals surface area contributed by atoms with Gasteiger partial charge in [-0.2, -0.15) is 0 Å². The van der Waals surface area contributed by atoms with Gasteiger partial charge < -0.3 is 10.6 Å². The van der Waals surface area contributed by atoms with E-state index in [-0.39, 0.29) is 5.91 Å². The third-order valence-corrected chi connectivity index (χ3v) is 7.26. The molecule has 4 nitrogen and oxygen atoms in total. The first-order chi connectivity index (χ1) is 16.1. The quantitative estimate of drug-likeness (QED) is 0.0989. The molecular weight excluding hydrogens is 406 g/mol. The molecule has 0 aromatic heterocycles. The first kappa shape index (κ1) is 29.7. The molecule has 2 atom stereocenters. The van der Waals surface area contributed by atoms with E-state index in [1.54, 1.807) is 6.92 Å². The van der Waals surface area contributed by atoms with Crippen molar-refractivity contribution in [2.75, 3.05) is 19.6 Å². The molecule has 33 heavy (non-hydrogen) atoms. The molecule has 1 heterocycles. The molecule has 0 spiro atoms. The highest BCUT2D eigenvalue weighted by Gasteiger charge is 2.36. The Bertz CT molecular complexity index is 531. The number of allylic oxidation sites excluding steroid dienone is 2. The molecule has 0 aromatic carbocycles. The molecule has 1 aliphatic rings. The number of likely N-dealkylation sites (N-methyl/N-ethyl adjacent to an activating group) is 1. The highest BCUT2D eigenvalue weighted by atomic mass is 16.1. The number of hydrogen-bond acceptors (Lipinski definition) is 2. The molecular formula is C29H56N3O+. The van der Waals surface area contributed by atoms with Crippen LogP contribution < -0.4 is 10.6 Å². The zero-order valence-electron chi connectivity index (χ0n) is 22.4. The highest BCUT2D eigenvalue weighted by Crippen LogP contribution is 2.22. The fraction of sp³-hybridized carbons (Fsp3) is 0.828. The van der Waals surface area contributed by atoms with Crippen LogP contribution >= 0.6 is 0 Å². The van der Waals surface area contributed by atoms with Crippen LogP contribution in [0, 0.1) is 0 Å². The Balaban J connectivity index is 1.94. The second-order valence-corrected chi connectivity index (χ2v) is 10.1. The molecule has 0 aliphatic carbocycles. The van der Waals surface area contributed by atoms with Crippen LogP contribution in [-0.2, 0) is 4.79 Å². The van der Waals surface area contributed by atoms with Gasteiger partial charge in [0.25, 0.3) is 0 Å². The van der Waals surface area contributed by atoms with E-state index < -0.39 is 0 Å². The van der Waals surface area contributed by atoms with E-state index in [1.165, 1.54) is 109 Å². The van der Waals surface area contributed by atoms with Crippen molar-refractivity contribution in [2.24, 2.45) is 0 Å². The molecule has 2 unspecified atom stereocenters. The van der Waals surface area contributed by atoms with Crippen molar-refractivity contribution in [1.29, 1.82) is 0 Å². The minimum atomic E-state index is 0.0643. The molecule has 1 aliphatic heterocycles. The van der Waals surface area contributed by atoms with Gasteiger partial charge in [0.15, 0.2) is 6.17 Å². The van der Waals surface area contributed by atoms with Crippen LogP contribution in [0.2, 0.25) is 0 Å². The van der Waals surface area contributed by atoms with E-state index in [9.17, 15) is 4.79 Å². The number of carbonyl (C=O) groups is 1. The lowest BCUT2D eigenvalue weighted by atomic mass is 10.1. The van der Waals surface area contributed by atoms with Crippen molar-refractivity contribution in [3.8, 4) is 0 Å². The van der Waals surface area contributed by atoms with Crippen LogP contribution in [0.15, 0.2) is 24.6 Å². The number of rotatable bonds is 22. The van der Waals surface area contributed by atoms with E-state index in [4.69, 9.17) is 0 Å². The summed E-state index contributed by atoms with van der Waals surface area (Å²) in [5.41, 5.74) is 0. The first-order valence-corrected chi connectivity index (χ1v) is 14.3. The van der Waals surface area contributed by atoms with Gasteiger partial charge in [-0.05, 0) is 39.0 Å². The standard InChI is InChI=1S/C29H55N3O/c1-4-6-7-8-9-10-11-12-13-14-15-16-17-18-19-20-21-22-23-29-31-25-27-32(29,5-2)26-24-30-28(3)33/h16-17,25,27,29,31H,4-15,18-24,26H2,1-3H3/p+1/b17-16+. The molecule has 0 saturated heterocycles. The van der Waals surface area contributed by atoms with E-state index in [2.05, 4.69) is 49.0 Å². The fourth-order valence-electron chi connectivity index (χ4n) is 4.99. The van der Waals surface area contributed by atoms with Crippen LogP contribution in [0.25, 0.3) is 0 Å². The Kier molecular flexibility index (Phi) is 18.1. The third kappa shape index (κ3) is 14.6. The Morgan fingerprint density at radius 1 is 0.848 bits per heavy atom. The monoisotopic (exact) mass is 462 g/mol. The maximum atomic E-state index is 11.2. The molecule has 192 valence electrons. The normalized spacial score (nSPS) is 19.9. The molecule has 0 bridgehead atoms. The Morgan fingerprint density at radius 3 is 1.94 bits per heavy atom. The summed E-state index contributed by atoms with van der Waals surface area (Å²) >= 11 is 0. The minimum absolute atomic E-state index is 0.0643. The van der Waals surface area contributed by atoms with Crippen molar-refractivity contribution in [1.82, 2.24) is 10.6 Å². The molecule has 1 amide bonds. The Morgan fingerprint density at radius 2 is 1.39 bits per heavy atom. The van der Waals surface area contributed by atoms with Crippen molar-refractivity contribution in [2.45, 2.75) is 136 Å². The van der Waals surface area contributed by atoms with E-state index in [1.807, 2.05) is 0 Å². The summed E-state index contributed by atoms with van der Waals surface area (Å²) in [5, 5.41) is 6.52. The number of amides is 1. The lowest BCUT2D eigenvalue weighted by molar-refractivity contribution is -0.898. The predicted octanol–water partition coefficient (Wildman–Crippen LogP) is 7.57. The lowest BCUT2D eigenvalue weighted by Gasteiger charge is -2.37. The number of hydrogen-bond donors (Lipinski definition) is 2. The topological polar surface area (TPSA) is 41.1 Å². The number of quaternary nitrogens is 1. The van der Waals surface area contributed by atoms with Crippen LogP contribution in [0.5, 0.6) is 0 Å². The average molecular weight is 463 g/mol. The maximum Gasteiger partial charge on any atom is 0.217 e.